The van der Waals surface area contributed by atoms with Crippen molar-refractivity contribution in [1.29, 1.82) is 5.26 Å². The lowest BCUT2D eigenvalue weighted by Gasteiger charge is -2.16. The number of aromatic nitrogens is 1. The number of aryl methyl sites for hydroxylation is 1. The summed E-state index contributed by atoms with van der Waals surface area (Å²) < 4.78 is 79.2. The van der Waals surface area contributed by atoms with Gasteiger partial charge in [0, 0.05) is 5.69 Å². The Bertz CT molecular complexity index is 971. The molecule has 148 valence electrons. The average Bonchev–Trinajstić information content (AvgIpc) is 2.60. The zero-order chi connectivity index (χ0) is 21.2. The number of thioether (sulfide) groups is 1. The number of benzene rings is 1. The Morgan fingerprint density at radius 1 is 1.25 bits per heavy atom. The van der Waals surface area contributed by atoms with Gasteiger partial charge in [0.2, 0.25) is 5.91 Å². The first-order valence-corrected chi connectivity index (χ1v) is 8.43. The number of carbonyl (C=O) groups is 1. The molecule has 0 bridgehead atoms. The highest BCUT2D eigenvalue weighted by Gasteiger charge is 2.36. The number of pyridine rings is 1. The van der Waals surface area contributed by atoms with E-state index in [1.165, 1.54) is 19.9 Å². The molecule has 1 aromatic heterocycles. The number of halogens is 6. The second-order valence-electron chi connectivity index (χ2n) is 5.57. The number of hydrogen-bond donors (Lipinski definition) is 1. The number of alkyl halides is 3. The Morgan fingerprint density at radius 3 is 2.46 bits per heavy atom. The fourth-order valence-corrected chi connectivity index (χ4v) is 3.11. The fraction of sp³-hybridized carbons (Fsp3) is 0.235. The number of amides is 1. The van der Waals surface area contributed by atoms with Gasteiger partial charge in [-0.05, 0) is 32.0 Å². The predicted octanol–water partition coefficient (Wildman–Crippen LogP) is 4.82. The predicted molar refractivity (Wildman–Crippen MR) is 89.0 cm³/mol. The highest BCUT2D eigenvalue weighted by Crippen LogP contribution is 2.37. The van der Waals surface area contributed by atoms with Crippen molar-refractivity contribution in [3.63, 3.8) is 0 Å². The molecule has 11 heteroatoms. The van der Waals surface area contributed by atoms with Gasteiger partial charge < -0.3 is 5.32 Å². The standard InChI is InChI=1S/C17H11F6N3OS/c1-7-5-10(17(21,22)23)9(6-24)16(25-7)28-8(2)15(27)26-12-4-3-11(18)13(19)14(12)20/h3-5,8H,1-2H3,(H,26,27). The first kappa shape index (κ1) is 21.6. The summed E-state index contributed by atoms with van der Waals surface area (Å²) in [4.78, 5) is 16.1. The average molecular weight is 419 g/mol. The molecule has 0 aliphatic rings. The van der Waals surface area contributed by atoms with Crippen LogP contribution in [0, 0.1) is 35.7 Å². The van der Waals surface area contributed by atoms with Gasteiger partial charge in [-0.3, -0.25) is 4.79 Å². The molecular weight excluding hydrogens is 408 g/mol. The van der Waals surface area contributed by atoms with E-state index in [-0.39, 0.29) is 10.7 Å². The summed E-state index contributed by atoms with van der Waals surface area (Å²) in [5.41, 5.74) is -2.59. The summed E-state index contributed by atoms with van der Waals surface area (Å²) in [7, 11) is 0. The molecule has 1 N–H and O–H groups in total. The third-order valence-electron chi connectivity index (χ3n) is 3.48. The molecule has 1 aromatic carbocycles. The number of nitrogens with zero attached hydrogens (tertiary/aromatic N) is 2. The van der Waals surface area contributed by atoms with Gasteiger partial charge in [-0.15, -0.1) is 0 Å². The van der Waals surface area contributed by atoms with Crippen molar-refractivity contribution in [2.24, 2.45) is 0 Å². The van der Waals surface area contributed by atoms with Crippen LogP contribution in [0.15, 0.2) is 23.2 Å². The number of anilines is 1. The second kappa shape index (κ2) is 8.10. The quantitative estimate of drug-likeness (QED) is 0.439. The van der Waals surface area contributed by atoms with Crippen molar-refractivity contribution in [3.8, 4) is 6.07 Å². The lowest BCUT2D eigenvalue weighted by atomic mass is 10.1. The number of carbonyl (C=O) groups excluding carboxylic acids is 1. The number of hydrogen-bond acceptors (Lipinski definition) is 4. The largest absolute Gasteiger partial charge is 0.417 e. The van der Waals surface area contributed by atoms with Crippen LogP contribution in [0.2, 0.25) is 0 Å². The summed E-state index contributed by atoms with van der Waals surface area (Å²) >= 11 is 0.544. The van der Waals surface area contributed by atoms with Crippen LogP contribution in [0.5, 0.6) is 0 Å². The van der Waals surface area contributed by atoms with Gasteiger partial charge in [0.25, 0.3) is 0 Å². The van der Waals surface area contributed by atoms with Crippen molar-refractivity contribution in [3.05, 3.63) is 52.5 Å². The van der Waals surface area contributed by atoms with E-state index in [1.54, 1.807) is 0 Å². The molecule has 0 aliphatic heterocycles. The van der Waals surface area contributed by atoms with E-state index in [2.05, 4.69) is 4.98 Å². The maximum Gasteiger partial charge on any atom is 0.417 e. The zero-order valence-corrected chi connectivity index (χ0v) is 15.1. The van der Waals surface area contributed by atoms with Crippen LogP contribution in [0.4, 0.5) is 32.0 Å². The summed E-state index contributed by atoms with van der Waals surface area (Å²) in [5.74, 6) is -5.74. The minimum Gasteiger partial charge on any atom is -0.323 e. The summed E-state index contributed by atoms with van der Waals surface area (Å²) in [6.45, 7) is 2.57. The van der Waals surface area contributed by atoms with Gasteiger partial charge in [-0.1, -0.05) is 11.8 Å². The lowest BCUT2D eigenvalue weighted by molar-refractivity contribution is -0.138. The molecule has 0 saturated heterocycles. The van der Waals surface area contributed by atoms with Crippen LogP contribution >= 0.6 is 11.8 Å². The van der Waals surface area contributed by atoms with Crippen LogP contribution in [0.25, 0.3) is 0 Å². The van der Waals surface area contributed by atoms with E-state index in [1.807, 2.05) is 5.32 Å². The van der Waals surface area contributed by atoms with Crippen LogP contribution in [-0.4, -0.2) is 16.1 Å². The first-order valence-electron chi connectivity index (χ1n) is 7.55. The molecule has 0 aliphatic carbocycles. The molecule has 28 heavy (non-hydrogen) atoms. The molecule has 1 heterocycles. The van der Waals surface area contributed by atoms with Crippen LogP contribution < -0.4 is 5.32 Å². The summed E-state index contributed by atoms with van der Waals surface area (Å²) in [6, 6.07) is 3.55. The third kappa shape index (κ3) is 4.56. The topological polar surface area (TPSA) is 65.8 Å². The number of nitrogens with one attached hydrogen (secondary N) is 1. The van der Waals surface area contributed by atoms with E-state index in [0.29, 0.717) is 23.9 Å². The molecule has 0 fully saturated rings. The van der Waals surface area contributed by atoms with Gasteiger partial charge >= 0.3 is 6.18 Å². The second-order valence-corrected chi connectivity index (χ2v) is 6.90. The van der Waals surface area contributed by atoms with Crippen LogP contribution in [0.3, 0.4) is 0 Å². The normalized spacial score (nSPS) is 12.4. The number of nitriles is 1. The van der Waals surface area contributed by atoms with Crippen LogP contribution in [0.1, 0.15) is 23.7 Å². The van der Waals surface area contributed by atoms with Gasteiger partial charge in [0.15, 0.2) is 17.5 Å². The maximum atomic E-state index is 13.7. The molecular formula is C17H11F6N3OS. The minimum atomic E-state index is -4.80. The Labute approximate surface area is 159 Å². The molecule has 4 nitrogen and oxygen atoms in total. The summed E-state index contributed by atoms with van der Waals surface area (Å²) in [6.07, 6.45) is -4.80. The monoisotopic (exact) mass is 419 g/mol. The maximum absolute atomic E-state index is 13.7. The first-order chi connectivity index (χ1) is 13.0. The molecule has 2 aromatic rings. The van der Waals surface area contributed by atoms with Crippen molar-refractivity contribution < 1.29 is 31.1 Å². The Morgan fingerprint density at radius 2 is 1.89 bits per heavy atom. The number of rotatable bonds is 4. The molecule has 0 spiro atoms. The Hall–Kier alpha value is -2.74. The Balaban J connectivity index is 2.29. The summed E-state index contributed by atoms with van der Waals surface area (Å²) in [5, 5.41) is 9.66. The van der Waals surface area contributed by atoms with Crippen molar-refractivity contribution >= 4 is 23.4 Å². The highest BCUT2D eigenvalue weighted by atomic mass is 32.2. The van der Waals surface area contributed by atoms with E-state index in [9.17, 15) is 31.1 Å². The Kier molecular flexibility index (Phi) is 6.23. The SMILES string of the molecule is Cc1cc(C(F)(F)F)c(C#N)c(SC(C)C(=O)Nc2ccc(F)c(F)c2F)n1. The fourth-order valence-electron chi connectivity index (χ4n) is 2.14. The zero-order valence-electron chi connectivity index (χ0n) is 14.3. The minimum absolute atomic E-state index is 0.0203. The highest BCUT2D eigenvalue weighted by molar-refractivity contribution is 8.00. The van der Waals surface area contributed by atoms with Crippen molar-refractivity contribution in [1.82, 2.24) is 4.98 Å². The molecule has 2 rings (SSSR count). The third-order valence-corrected chi connectivity index (χ3v) is 4.57. The van der Waals surface area contributed by atoms with E-state index >= 15 is 0 Å². The van der Waals surface area contributed by atoms with E-state index in [0.717, 1.165) is 6.07 Å². The molecule has 0 radical (unpaired) electrons. The van der Waals surface area contributed by atoms with Crippen molar-refractivity contribution in [2.75, 3.05) is 5.32 Å². The van der Waals surface area contributed by atoms with E-state index < -0.39 is 51.6 Å². The van der Waals surface area contributed by atoms with Gasteiger partial charge in [0.05, 0.1) is 22.1 Å². The molecule has 1 unspecified atom stereocenters. The van der Waals surface area contributed by atoms with Crippen LogP contribution in [-0.2, 0) is 11.0 Å². The van der Waals surface area contributed by atoms with Gasteiger partial charge in [0.1, 0.15) is 11.1 Å². The van der Waals surface area contributed by atoms with E-state index in [4.69, 9.17) is 5.26 Å². The smallest absolute Gasteiger partial charge is 0.323 e. The lowest BCUT2D eigenvalue weighted by Crippen LogP contribution is -2.24. The molecule has 0 saturated carbocycles. The molecule has 1 atom stereocenters. The molecule has 1 amide bonds. The van der Waals surface area contributed by atoms with Gasteiger partial charge in [-0.2, -0.15) is 18.4 Å². The van der Waals surface area contributed by atoms with Crippen molar-refractivity contribution in [2.45, 2.75) is 30.3 Å². The van der Waals surface area contributed by atoms with Gasteiger partial charge in [-0.25, -0.2) is 18.2 Å².